The van der Waals surface area contributed by atoms with Crippen molar-refractivity contribution in [2.45, 2.75) is 45.6 Å². The molecule has 110 valence electrons. The van der Waals surface area contributed by atoms with E-state index in [4.69, 9.17) is 4.74 Å². The molecule has 0 radical (unpaired) electrons. The smallest absolute Gasteiger partial charge is 0.306 e. The SMILES string of the molecule is CC(C)(C)OC(=O)CC[C@@H]1CCN(c2ccccc2)C1. The summed E-state index contributed by atoms with van der Waals surface area (Å²) >= 11 is 0. The van der Waals surface area contributed by atoms with Crippen molar-refractivity contribution in [3.8, 4) is 0 Å². The molecule has 0 spiro atoms. The lowest BCUT2D eigenvalue weighted by Gasteiger charge is -2.20. The van der Waals surface area contributed by atoms with Crippen molar-refractivity contribution in [3.05, 3.63) is 30.3 Å². The number of nitrogens with zero attached hydrogens (tertiary/aromatic N) is 1. The molecule has 1 aliphatic heterocycles. The number of carbonyl (C=O) groups excluding carboxylic acids is 1. The molecule has 0 unspecified atom stereocenters. The van der Waals surface area contributed by atoms with Crippen LogP contribution in [-0.4, -0.2) is 24.7 Å². The number of rotatable bonds is 4. The molecule has 2 rings (SSSR count). The maximum Gasteiger partial charge on any atom is 0.306 e. The van der Waals surface area contributed by atoms with Crippen LogP contribution in [0.1, 0.15) is 40.0 Å². The summed E-state index contributed by atoms with van der Waals surface area (Å²) in [6.45, 7) is 7.88. The first-order valence-corrected chi connectivity index (χ1v) is 7.46. The van der Waals surface area contributed by atoms with E-state index >= 15 is 0 Å². The predicted octanol–water partition coefficient (Wildman–Crippen LogP) is 3.63. The molecule has 0 aromatic heterocycles. The van der Waals surface area contributed by atoms with E-state index in [-0.39, 0.29) is 11.6 Å². The highest BCUT2D eigenvalue weighted by Gasteiger charge is 2.24. The number of anilines is 1. The zero-order chi connectivity index (χ0) is 14.6. The number of ether oxygens (including phenoxy) is 1. The molecule has 0 N–H and O–H groups in total. The Kier molecular flexibility index (Phi) is 4.69. The van der Waals surface area contributed by atoms with Gasteiger partial charge in [0.1, 0.15) is 5.60 Å². The van der Waals surface area contributed by atoms with Gasteiger partial charge in [-0.15, -0.1) is 0 Å². The summed E-state index contributed by atoms with van der Waals surface area (Å²) < 4.78 is 5.36. The molecule has 3 heteroatoms. The van der Waals surface area contributed by atoms with Crippen molar-refractivity contribution in [3.63, 3.8) is 0 Å². The molecule has 1 aromatic carbocycles. The average Bonchev–Trinajstić information content (AvgIpc) is 2.84. The molecule has 0 amide bonds. The molecule has 1 aromatic rings. The second-order valence-corrected chi connectivity index (χ2v) is 6.56. The van der Waals surface area contributed by atoms with Gasteiger partial charge in [-0.05, 0) is 51.7 Å². The van der Waals surface area contributed by atoms with Crippen molar-refractivity contribution in [1.29, 1.82) is 0 Å². The van der Waals surface area contributed by atoms with Gasteiger partial charge in [0.05, 0.1) is 0 Å². The lowest BCUT2D eigenvalue weighted by Crippen LogP contribution is -2.24. The van der Waals surface area contributed by atoms with Gasteiger partial charge in [-0.2, -0.15) is 0 Å². The summed E-state index contributed by atoms with van der Waals surface area (Å²) in [7, 11) is 0. The molecule has 1 heterocycles. The summed E-state index contributed by atoms with van der Waals surface area (Å²) in [6.07, 6.45) is 2.63. The molecule has 0 saturated carbocycles. The van der Waals surface area contributed by atoms with Gasteiger partial charge in [0.15, 0.2) is 0 Å². The maximum absolute atomic E-state index is 11.7. The van der Waals surface area contributed by atoms with Crippen LogP contribution in [-0.2, 0) is 9.53 Å². The summed E-state index contributed by atoms with van der Waals surface area (Å²) in [6, 6.07) is 10.5. The number of carbonyl (C=O) groups is 1. The summed E-state index contributed by atoms with van der Waals surface area (Å²) in [5.41, 5.74) is 0.912. The maximum atomic E-state index is 11.7. The lowest BCUT2D eigenvalue weighted by atomic mass is 10.0. The first-order chi connectivity index (χ1) is 9.44. The molecule has 0 bridgehead atoms. The van der Waals surface area contributed by atoms with Crippen molar-refractivity contribution >= 4 is 11.7 Å². The number of hydrogen-bond donors (Lipinski definition) is 0. The third-order valence-electron chi connectivity index (χ3n) is 3.58. The number of esters is 1. The van der Waals surface area contributed by atoms with Crippen molar-refractivity contribution < 1.29 is 9.53 Å². The molecule has 1 fully saturated rings. The fraction of sp³-hybridized carbons (Fsp3) is 0.588. The van der Waals surface area contributed by atoms with Crippen LogP contribution in [0, 0.1) is 5.92 Å². The minimum absolute atomic E-state index is 0.0735. The first kappa shape index (κ1) is 14.9. The van der Waals surface area contributed by atoms with Crippen LogP contribution < -0.4 is 4.90 Å². The van der Waals surface area contributed by atoms with Crippen LogP contribution in [0.25, 0.3) is 0 Å². The lowest BCUT2D eigenvalue weighted by molar-refractivity contribution is -0.155. The molecule has 20 heavy (non-hydrogen) atoms. The van der Waals surface area contributed by atoms with E-state index in [1.54, 1.807) is 0 Å². The van der Waals surface area contributed by atoms with E-state index in [1.165, 1.54) is 5.69 Å². The van der Waals surface area contributed by atoms with Crippen LogP contribution in [0.3, 0.4) is 0 Å². The van der Waals surface area contributed by atoms with Gasteiger partial charge < -0.3 is 9.64 Å². The Morgan fingerprint density at radius 1 is 1.30 bits per heavy atom. The number of benzene rings is 1. The molecule has 1 aliphatic rings. The van der Waals surface area contributed by atoms with Gasteiger partial charge in [-0.3, -0.25) is 4.79 Å². The third kappa shape index (κ3) is 4.55. The highest BCUT2D eigenvalue weighted by molar-refractivity contribution is 5.69. The predicted molar refractivity (Wildman–Crippen MR) is 81.8 cm³/mol. The van der Waals surface area contributed by atoms with Gasteiger partial charge in [0.2, 0.25) is 0 Å². The van der Waals surface area contributed by atoms with Gasteiger partial charge in [0, 0.05) is 25.2 Å². The minimum Gasteiger partial charge on any atom is -0.460 e. The topological polar surface area (TPSA) is 29.5 Å². The summed E-state index contributed by atoms with van der Waals surface area (Å²) in [5.74, 6) is 0.526. The molecule has 1 atom stereocenters. The summed E-state index contributed by atoms with van der Waals surface area (Å²) in [5, 5.41) is 0. The van der Waals surface area contributed by atoms with E-state index in [1.807, 2.05) is 26.8 Å². The molecule has 3 nitrogen and oxygen atoms in total. The average molecular weight is 275 g/mol. The van der Waals surface area contributed by atoms with Crippen LogP contribution in [0.15, 0.2) is 30.3 Å². The highest BCUT2D eigenvalue weighted by atomic mass is 16.6. The van der Waals surface area contributed by atoms with E-state index in [2.05, 4.69) is 29.2 Å². The molecular formula is C17H25NO2. The Bertz CT molecular complexity index is 436. The van der Waals surface area contributed by atoms with E-state index in [0.717, 1.165) is 25.9 Å². The fourth-order valence-electron chi connectivity index (χ4n) is 2.66. The van der Waals surface area contributed by atoms with Gasteiger partial charge in [-0.1, -0.05) is 18.2 Å². The third-order valence-corrected chi connectivity index (χ3v) is 3.58. The fourth-order valence-corrected chi connectivity index (χ4v) is 2.66. The Morgan fingerprint density at radius 3 is 2.65 bits per heavy atom. The standard InChI is InChI=1S/C17H25NO2/c1-17(2,3)20-16(19)10-9-14-11-12-18(13-14)15-7-5-4-6-8-15/h4-8,14H,9-13H2,1-3H3/t14-/m1/s1. The second kappa shape index (κ2) is 6.29. The van der Waals surface area contributed by atoms with E-state index in [0.29, 0.717) is 12.3 Å². The Balaban J connectivity index is 1.75. The van der Waals surface area contributed by atoms with E-state index in [9.17, 15) is 4.79 Å². The first-order valence-electron chi connectivity index (χ1n) is 7.46. The van der Waals surface area contributed by atoms with Crippen LogP contribution in [0.4, 0.5) is 5.69 Å². The quantitative estimate of drug-likeness (QED) is 0.786. The zero-order valence-electron chi connectivity index (χ0n) is 12.8. The Morgan fingerprint density at radius 2 is 2.00 bits per heavy atom. The number of hydrogen-bond acceptors (Lipinski definition) is 3. The molecular weight excluding hydrogens is 250 g/mol. The van der Waals surface area contributed by atoms with Crippen molar-refractivity contribution in [1.82, 2.24) is 0 Å². The minimum atomic E-state index is -0.372. The summed E-state index contributed by atoms with van der Waals surface area (Å²) in [4.78, 5) is 14.1. The van der Waals surface area contributed by atoms with E-state index < -0.39 is 0 Å². The van der Waals surface area contributed by atoms with Crippen molar-refractivity contribution in [2.75, 3.05) is 18.0 Å². The Hall–Kier alpha value is -1.51. The zero-order valence-corrected chi connectivity index (χ0v) is 12.8. The van der Waals surface area contributed by atoms with Crippen molar-refractivity contribution in [2.24, 2.45) is 5.92 Å². The van der Waals surface area contributed by atoms with Gasteiger partial charge in [-0.25, -0.2) is 0 Å². The van der Waals surface area contributed by atoms with Crippen LogP contribution in [0.5, 0.6) is 0 Å². The molecule has 1 saturated heterocycles. The monoisotopic (exact) mass is 275 g/mol. The highest BCUT2D eigenvalue weighted by Crippen LogP contribution is 2.26. The largest absolute Gasteiger partial charge is 0.460 e. The number of para-hydroxylation sites is 1. The molecule has 0 aliphatic carbocycles. The van der Waals surface area contributed by atoms with Gasteiger partial charge >= 0.3 is 5.97 Å². The second-order valence-electron chi connectivity index (χ2n) is 6.56. The Labute approximate surface area is 121 Å². The van der Waals surface area contributed by atoms with Crippen LogP contribution >= 0.6 is 0 Å². The van der Waals surface area contributed by atoms with Gasteiger partial charge in [0.25, 0.3) is 0 Å². The van der Waals surface area contributed by atoms with Crippen LogP contribution in [0.2, 0.25) is 0 Å². The normalized spacial score (nSPS) is 19.1.